The van der Waals surface area contributed by atoms with Gasteiger partial charge in [-0.2, -0.15) is 0 Å². The second-order valence-corrected chi connectivity index (χ2v) is 3.91. The molecule has 0 aliphatic heterocycles. The van der Waals surface area contributed by atoms with E-state index in [0.29, 0.717) is 12.6 Å². The minimum absolute atomic E-state index is 0.0241. The molecule has 0 aromatic heterocycles. The molecule has 5 heteroatoms. The summed E-state index contributed by atoms with van der Waals surface area (Å²) in [7, 11) is 0. The summed E-state index contributed by atoms with van der Waals surface area (Å²) in [6.45, 7) is 2.62. The Hall–Kier alpha value is -1.10. The third-order valence-electron chi connectivity index (χ3n) is 2.30. The van der Waals surface area contributed by atoms with Crippen molar-refractivity contribution in [3.8, 4) is 0 Å². The van der Waals surface area contributed by atoms with Gasteiger partial charge in [0, 0.05) is 25.5 Å². The Balaban J connectivity index is 2.62. The lowest BCUT2D eigenvalue weighted by atomic mass is 10.0. The molecule has 0 fully saturated rings. The van der Waals surface area contributed by atoms with Gasteiger partial charge in [-0.1, -0.05) is 6.92 Å². The fourth-order valence-electron chi connectivity index (χ4n) is 1.55. The summed E-state index contributed by atoms with van der Waals surface area (Å²) >= 11 is 0. The van der Waals surface area contributed by atoms with Crippen molar-refractivity contribution in [2.24, 2.45) is 0 Å². The highest BCUT2D eigenvalue weighted by molar-refractivity contribution is 5.19. The fraction of sp³-hybridized carbons (Fsp3) is 0.500. The SMILES string of the molecule is CCNCCC(F)(F)Cc1cc(F)cc(F)c1. The van der Waals surface area contributed by atoms with E-state index in [9.17, 15) is 17.6 Å². The molecule has 0 aliphatic rings. The molecule has 0 spiro atoms. The average Bonchev–Trinajstić information content (AvgIpc) is 2.14. The Morgan fingerprint density at radius 3 is 2.24 bits per heavy atom. The lowest BCUT2D eigenvalue weighted by molar-refractivity contribution is -0.00650. The van der Waals surface area contributed by atoms with E-state index in [4.69, 9.17) is 0 Å². The van der Waals surface area contributed by atoms with Crippen molar-refractivity contribution in [3.05, 3.63) is 35.4 Å². The van der Waals surface area contributed by atoms with Crippen LogP contribution in [0.4, 0.5) is 17.6 Å². The maximum absolute atomic E-state index is 13.4. The smallest absolute Gasteiger partial charge is 0.253 e. The van der Waals surface area contributed by atoms with E-state index in [-0.39, 0.29) is 18.5 Å². The van der Waals surface area contributed by atoms with Gasteiger partial charge in [-0.25, -0.2) is 17.6 Å². The van der Waals surface area contributed by atoms with Gasteiger partial charge >= 0.3 is 0 Å². The van der Waals surface area contributed by atoms with Gasteiger partial charge < -0.3 is 5.32 Å². The molecule has 0 bridgehead atoms. The van der Waals surface area contributed by atoms with E-state index < -0.39 is 24.0 Å². The predicted octanol–water partition coefficient (Wildman–Crippen LogP) is 3.14. The Morgan fingerprint density at radius 2 is 1.71 bits per heavy atom. The molecule has 0 saturated carbocycles. The average molecular weight is 249 g/mol. The van der Waals surface area contributed by atoms with Gasteiger partial charge in [0.05, 0.1) is 0 Å². The number of rotatable bonds is 6. The van der Waals surface area contributed by atoms with E-state index in [1.54, 1.807) is 0 Å². The van der Waals surface area contributed by atoms with Gasteiger partial charge in [0.1, 0.15) is 11.6 Å². The molecule has 1 aromatic rings. The largest absolute Gasteiger partial charge is 0.317 e. The van der Waals surface area contributed by atoms with Crippen LogP contribution in [0.5, 0.6) is 0 Å². The number of hydrogen-bond donors (Lipinski definition) is 1. The highest BCUT2D eigenvalue weighted by Crippen LogP contribution is 2.24. The van der Waals surface area contributed by atoms with Crippen LogP contribution in [0.2, 0.25) is 0 Å². The van der Waals surface area contributed by atoms with Gasteiger partial charge in [0.2, 0.25) is 0 Å². The van der Waals surface area contributed by atoms with Crippen molar-refractivity contribution in [2.45, 2.75) is 25.7 Å². The quantitative estimate of drug-likeness (QED) is 0.603. The van der Waals surface area contributed by atoms with E-state index in [2.05, 4.69) is 5.32 Å². The summed E-state index contributed by atoms with van der Waals surface area (Å²) in [5, 5.41) is 2.78. The highest BCUT2D eigenvalue weighted by Gasteiger charge is 2.28. The first kappa shape index (κ1) is 14.0. The molecule has 0 unspecified atom stereocenters. The van der Waals surface area contributed by atoms with Gasteiger partial charge in [0.15, 0.2) is 0 Å². The third kappa shape index (κ3) is 5.17. The Morgan fingerprint density at radius 1 is 1.12 bits per heavy atom. The van der Waals surface area contributed by atoms with Crippen LogP contribution >= 0.6 is 0 Å². The summed E-state index contributed by atoms with van der Waals surface area (Å²) in [5.41, 5.74) is -0.0241. The molecular formula is C12H15F4N. The van der Waals surface area contributed by atoms with Gasteiger partial charge in [-0.3, -0.25) is 0 Å². The summed E-state index contributed by atoms with van der Waals surface area (Å²) in [5.74, 6) is -4.62. The van der Waals surface area contributed by atoms with Gasteiger partial charge in [-0.05, 0) is 24.2 Å². The first-order chi connectivity index (χ1) is 7.93. The molecule has 0 saturated heterocycles. The van der Waals surface area contributed by atoms with Crippen molar-refractivity contribution >= 4 is 0 Å². The molecule has 0 atom stereocenters. The summed E-state index contributed by atoms with van der Waals surface area (Å²) in [6.07, 6.45) is -0.994. The summed E-state index contributed by atoms with van der Waals surface area (Å²) in [4.78, 5) is 0. The van der Waals surface area contributed by atoms with Crippen molar-refractivity contribution in [3.63, 3.8) is 0 Å². The molecular weight excluding hydrogens is 234 g/mol. The van der Waals surface area contributed by atoms with Crippen LogP contribution in [-0.4, -0.2) is 19.0 Å². The van der Waals surface area contributed by atoms with Crippen LogP contribution in [0, 0.1) is 11.6 Å². The molecule has 17 heavy (non-hydrogen) atoms. The Labute approximate surface area is 97.8 Å². The standard InChI is InChI=1S/C12H15F4N/c1-2-17-4-3-12(15,16)8-9-5-10(13)7-11(14)6-9/h5-7,17H,2-4,8H2,1H3. The van der Waals surface area contributed by atoms with Crippen LogP contribution in [-0.2, 0) is 6.42 Å². The monoisotopic (exact) mass is 249 g/mol. The lowest BCUT2D eigenvalue weighted by Gasteiger charge is -2.16. The van der Waals surface area contributed by atoms with Crippen LogP contribution < -0.4 is 5.32 Å². The fourth-order valence-corrected chi connectivity index (χ4v) is 1.55. The van der Waals surface area contributed by atoms with Crippen LogP contribution in [0.1, 0.15) is 18.9 Å². The van der Waals surface area contributed by atoms with E-state index >= 15 is 0 Å². The Kier molecular flexibility index (Phi) is 4.93. The van der Waals surface area contributed by atoms with Crippen molar-refractivity contribution < 1.29 is 17.6 Å². The molecule has 1 aromatic carbocycles. The van der Waals surface area contributed by atoms with E-state index in [1.807, 2.05) is 6.92 Å². The molecule has 96 valence electrons. The molecule has 0 heterocycles. The molecule has 0 radical (unpaired) electrons. The third-order valence-corrected chi connectivity index (χ3v) is 2.30. The van der Waals surface area contributed by atoms with Crippen molar-refractivity contribution in [2.75, 3.05) is 13.1 Å². The van der Waals surface area contributed by atoms with Gasteiger partial charge in [-0.15, -0.1) is 0 Å². The summed E-state index contributed by atoms with van der Waals surface area (Å²) < 4.78 is 52.4. The normalized spacial score (nSPS) is 11.8. The van der Waals surface area contributed by atoms with E-state index in [1.165, 1.54) is 0 Å². The first-order valence-electron chi connectivity index (χ1n) is 5.46. The highest BCUT2D eigenvalue weighted by atomic mass is 19.3. The molecule has 0 amide bonds. The summed E-state index contributed by atoms with van der Waals surface area (Å²) in [6, 6.07) is 2.54. The van der Waals surface area contributed by atoms with Crippen LogP contribution in [0.25, 0.3) is 0 Å². The van der Waals surface area contributed by atoms with E-state index in [0.717, 1.165) is 12.1 Å². The second kappa shape index (κ2) is 6.00. The number of halogens is 4. The van der Waals surface area contributed by atoms with Gasteiger partial charge in [0.25, 0.3) is 5.92 Å². The van der Waals surface area contributed by atoms with Crippen LogP contribution in [0.15, 0.2) is 18.2 Å². The number of benzene rings is 1. The molecule has 1 N–H and O–H groups in total. The Bertz CT molecular complexity index is 345. The molecule has 1 nitrogen and oxygen atoms in total. The lowest BCUT2D eigenvalue weighted by Crippen LogP contribution is -2.27. The number of hydrogen-bond acceptors (Lipinski definition) is 1. The van der Waals surface area contributed by atoms with Crippen LogP contribution in [0.3, 0.4) is 0 Å². The number of nitrogens with one attached hydrogen (secondary N) is 1. The zero-order valence-corrected chi connectivity index (χ0v) is 9.57. The second-order valence-electron chi connectivity index (χ2n) is 3.91. The molecule has 0 aliphatic carbocycles. The topological polar surface area (TPSA) is 12.0 Å². The first-order valence-corrected chi connectivity index (χ1v) is 5.46. The minimum atomic E-state index is -2.96. The maximum atomic E-state index is 13.4. The van der Waals surface area contributed by atoms with Crippen molar-refractivity contribution in [1.29, 1.82) is 0 Å². The van der Waals surface area contributed by atoms with Crippen molar-refractivity contribution in [1.82, 2.24) is 5.32 Å². The zero-order valence-electron chi connectivity index (χ0n) is 9.57. The predicted molar refractivity (Wildman–Crippen MR) is 58.2 cm³/mol. The minimum Gasteiger partial charge on any atom is -0.317 e. The zero-order chi connectivity index (χ0) is 12.9. The number of alkyl halides is 2. The maximum Gasteiger partial charge on any atom is 0.253 e. The molecule has 1 rings (SSSR count).